The van der Waals surface area contributed by atoms with Crippen LogP contribution in [0, 0.1) is 0 Å². The lowest BCUT2D eigenvalue weighted by atomic mass is 9.93. The third-order valence-corrected chi connectivity index (χ3v) is 3.91. The van der Waals surface area contributed by atoms with Gasteiger partial charge in [-0.1, -0.05) is 0 Å². The Kier molecular flexibility index (Phi) is 7.04. The van der Waals surface area contributed by atoms with Gasteiger partial charge in [-0.2, -0.15) is 0 Å². The zero-order valence-corrected chi connectivity index (χ0v) is 15.6. The third-order valence-electron chi connectivity index (χ3n) is 3.91. The molecule has 0 amide bonds. The van der Waals surface area contributed by atoms with Crippen LogP contribution in [-0.2, 0) is 4.74 Å². The summed E-state index contributed by atoms with van der Waals surface area (Å²) in [6.45, 7) is 8.50. The Morgan fingerprint density at radius 3 is 2.15 bits per heavy atom. The molecule has 0 aromatic rings. The number of nitrogens with one attached hydrogen (secondary N) is 1. The normalized spacial score (nSPS) is 22.2. The van der Waals surface area contributed by atoms with Crippen molar-refractivity contribution >= 4 is 29.9 Å². The first-order valence-corrected chi connectivity index (χ1v) is 7.64. The van der Waals surface area contributed by atoms with E-state index in [2.05, 4.69) is 36.0 Å². The smallest absolute Gasteiger partial charge is 0.193 e. The Bertz CT molecular complexity index is 316. The number of likely N-dealkylation sites (tertiary alicyclic amines) is 1. The summed E-state index contributed by atoms with van der Waals surface area (Å²) in [4.78, 5) is 6.80. The SMILES string of the molecule is CN=C(NC1CCC1)N1CCC(OC(C)(C)C)CC1.I. The number of rotatable bonds is 2. The molecule has 20 heavy (non-hydrogen) atoms. The van der Waals surface area contributed by atoms with E-state index in [9.17, 15) is 0 Å². The van der Waals surface area contributed by atoms with Gasteiger partial charge in [-0.05, 0) is 52.9 Å². The van der Waals surface area contributed by atoms with Crippen molar-refractivity contribution in [1.82, 2.24) is 10.2 Å². The molecule has 2 rings (SSSR count). The van der Waals surface area contributed by atoms with Crippen molar-refractivity contribution in [2.45, 2.75) is 70.6 Å². The summed E-state index contributed by atoms with van der Waals surface area (Å²) in [5.74, 6) is 1.08. The van der Waals surface area contributed by atoms with Gasteiger partial charge in [-0.15, -0.1) is 24.0 Å². The van der Waals surface area contributed by atoms with E-state index in [1.54, 1.807) is 0 Å². The predicted molar refractivity (Wildman–Crippen MR) is 95.0 cm³/mol. The fourth-order valence-electron chi connectivity index (χ4n) is 2.72. The fraction of sp³-hybridized carbons (Fsp3) is 0.933. The second kappa shape index (κ2) is 7.82. The molecule has 5 heteroatoms. The zero-order chi connectivity index (χ0) is 13.9. The van der Waals surface area contributed by atoms with Crippen LogP contribution in [-0.4, -0.2) is 48.7 Å². The first-order chi connectivity index (χ1) is 8.98. The van der Waals surface area contributed by atoms with E-state index in [1.807, 2.05) is 7.05 Å². The van der Waals surface area contributed by atoms with Gasteiger partial charge < -0.3 is 15.0 Å². The minimum Gasteiger partial charge on any atom is -0.372 e. The highest BCUT2D eigenvalue weighted by Crippen LogP contribution is 2.22. The number of guanidine groups is 1. The van der Waals surface area contributed by atoms with Crippen LogP contribution in [0.4, 0.5) is 0 Å². The summed E-state index contributed by atoms with van der Waals surface area (Å²) < 4.78 is 6.07. The van der Waals surface area contributed by atoms with E-state index >= 15 is 0 Å². The molecule has 1 heterocycles. The lowest BCUT2D eigenvalue weighted by Crippen LogP contribution is -2.51. The molecule has 0 spiro atoms. The summed E-state index contributed by atoms with van der Waals surface area (Å²) in [5, 5.41) is 3.57. The van der Waals surface area contributed by atoms with Gasteiger partial charge in [-0.3, -0.25) is 4.99 Å². The molecule has 1 N–H and O–H groups in total. The summed E-state index contributed by atoms with van der Waals surface area (Å²) in [7, 11) is 1.89. The molecule has 2 fully saturated rings. The topological polar surface area (TPSA) is 36.9 Å². The summed E-state index contributed by atoms with van der Waals surface area (Å²) >= 11 is 0. The van der Waals surface area contributed by atoms with Crippen molar-refractivity contribution in [2.75, 3.05) is 20.1 Å². The largest absolute Gasteiger partial charge is 0.372 e. The number of aliphatic imine (C=N–C) groups is 1. The second-order valence-corrected chi connectivity index (χ2v) is 6.74. The molecule has 0 radical (unpaired) electrons. The molecule has 1 saturated carbocycles. The molecule has 0 unspecified atom stereocenters. The van der Waals surface area contributed by atoms with Crippen molar-refractivity contribution < 1.29 is 4.74 Å². The first-order valence-electron chi connectivity index (χ1n) is 7.64. The average Bonchev–Trinajstić information content (AvgIpc) is 2.27. The number of hydrogen-bond donors (Lipinski definition) is 1. The summed E-state index contributed by atoms with van der Waals surface area (Å²) in [5.41, 5.74) is -0.0291. The van der Waals surface area contributed by atoms with Gasteiger partial charge in [0, 0.05) is 26.2 Å². The van der Waals surface area contributed by atoms with Crippen molar-refractivity contribution in [3.8, 4) is 0 Å². The highest BCUT2D eigenvalue weighted by molar-refractivity contribution is 14.0. The molecular weight excluding hydrogens is 365 g/mol. The third kappa shape index (κ3) is 5.39. The van der Waals surface area contributed by atoms with Crippen molar-refractivity contribution in [1.29, 1.82) is 0 Å². The molecule has 2 aliphatic rings. The number of piperidine rings is 1. The molecule has 1 saturated heterocycles. The van der Waals surface area contributed by atoms with Crippen LogP contribution in [0.25, 0.3) is 0 Å². The minimum atomic E-state index is -0.0291. The lowest BCUT2D eigenvalue weighted by molar-refractivity contribution is -0.0773. The minimum absolute atomic E-state index is 0. The van der Waals surface area contributed by atoms with E-state index in [4.69, 9.17) is 4.74 Å². The standard InChI is InChI=1S/C15H29N3O.HI/c1-15(2,3)19-13-8-10-18(11-9-13)14(16-4)17-12-6-5-7-12;/h12-13H,5-11H2,1-4H3,(H,16,17);1H. The van der Waals surface area contributed by atoms with Gasteiger partial charge >= 0.3 is 0 Å². The Morgan fingerprint density at radius 1 is 1.15 bits per heavy atom. The lowest BCUT2D eigenvalue weighted by Gasteiger charge is -2.38. The van der Waals surface area contributed by atoms with Crippen molar-refractivity contribution in [3.63, 3.8) is 0 Å². The van der Waals surface area contributed by atoms with Crippen LogP contribution in [0.3, 0.4) is 0 Å². The van der Waals surface area contributed by atoms with E-state index in [0.29, 0.717) is 12.1 Å². The maximum absolute atomic E-state index is 6.07. The molecule has 1 aliphatic heterocycles. The highest BCUT2D eigenvalue weighted by Gasteiger charge is 2.27. The van der Waals surface area contributed by atoms with E-state index in [0.717, 1.165) is 31.9 Å². The van der Waals surface area contributed by atoms with Crippen LogP contribution < -0.4 is 5.32 Å². The molecule has 0 bridgehead atoms. The quantitative estimate of drug-likeness (QED) is 0.444. The Labute approximate surface area is 140 Å². The van der Waals surface area contributed by atoms with Crippen molar-refractivity contribution in [2.24, 2.45) is 4.99 Å². The van der Waals surface area contributed by atoms with Crippen LogP contribution in [0.5, 0.6) is 0 Å². The van der Waals surface area contributed by atoms with Crippen LogP contribution >= 0.6 is 24.0 Å². The van der Waals surface area contributed by atoms with Gasteiger partial charge in [0.1, 0.15) is 0 Å². The Balaban J connectivity index is 0.00000200. The van der Waals surface area contributed by atoms with Gasteiger partial charge in [0.25, 0.3) is 0 Å². The predicted octanol–water partition coefficient (Wildman–Crippen LogP) is 3.01. The average molecular weight is 395 g/mol. The Morgan fingerprint density at radius 2 is 1.75 bits per heavy atom. The molecule has 1 aliphatic carbocycles. The maximum Gasteiger partial charge on any atom is 0.193 e. The fourth-order valence-corrected chi connectivity index (χ4v) is 2.72. The number of nitrogens with zero attached hydrogens (tertiary/aromatic N) is 2. The van der Waals surface area contributed by atoms with Crippen LogP contribution in [0.2, 0.25) is 0 Å². The van der Waals surface area contributed by atoms with Crippen molar-refractivity contribution in [3.05, 3.63) is 0 Å². The van der Waals surface area contributed by atoms with Crippen LogP contribution in [0.15, 0.2) is 4.99 Å². The maximum atomic E-state index is 6.07. The second-order valence-electron chi connectivity index (χ2n) is 6.74. The summed E-state index contributed by atoms with van der Waals surface area (Å²) in [6.07, 6.45) is 6.55. The van der Waals surface area contributed by atoms with E-state index in [1.165, 1.54) is 19.3 Å². The molecule has 0 aromatic carbocycles. The van der Waals surface area contributed by atoms with Crippen LogP contribution in [0.1, 0.15) is 52.9 Å². The van der Waals surface area contributed by atoms with E-state index in [-0.39, 0.29) is 29.6 Å². The van der Waals surface area contributed by atoms with Gasteiger partial charge in [0.15, 0.2) is 5.96 Å². The molecule has 0 atom stereocenters. The van der Waals surface area contributed by atoms with E-state index < -0.39 is 0 Å². The Hall–Kier alpha value is -0.0400. The molecule has 118 valence electrons. The monoisotopic (exact) mass is 395 g/mol. The summed E-state index contributed by atoms with van der Waals surface area (Å²) in [6, 6.07) is 0.655. The zero-order valence-electron chi connectivity index (χ0n) is 13.3. The molecular formula is C15H30IN3O. The number of ether oxygens (including phenoxy) is 1. The highest BCUT2D eigenvalue weighted by atomic mass is 127. The van der Waals surface area contributed by atoms with Gasteiger partial charge in [0.2, 0.25) is 0 Å². The number of hydrogen-bond acceptors (Lipinski definition) is 2. The van der Waals surface area contributed by atoms with Gasteiger partial charge in [0.05, 0.1) is 11.7 Å². The molecule has 0 aromatic heterocycles. The van der Waals surface area contributed by atoms with Gasteiger partial charge in [-0.25, -0.2) is 0 Å². The molecule has 4 nitrogen and oxygen atoms in total. The first kappa shape index (κ1) is 18.0. The number of halogens is 1.